The lowest BCUT2D eigenvalue weighted by atomic mass is 10.1. The van der Waals surface area contributed by atoms with Crippen LogP contribution in [-0.4, -0.2) is 26.8 Å². The van der Waals surface area contributed by atoms with Gasteiger partial charge in [-0.05, 0) is 19.3 Å². The van der Waals surface area contributed by atoms with Gasteiger partial charge >= 0.3 is 0 Å². The van der Waals surface area contributed by atoms with E-state index in [1.165, 1.54) is 0 Å². The fraction of sp³-hybridized carbons (Fsp3) is 1.00. The Balaban J connectivity index is 3.67. The molecule has 3 N–H and O–H groups in total. The summed E-state index contributed by atoms with van der Waals surface area (Å²) in [5.41, 5.74) is 5.31. The van der Waals surface area contributed by atoms with E-state index in [0.717, 1.165) is 19.3 Å². The molecule has 0 saturated carbocycles. The van der Waals surface area contributed by atoms with Crippen molar-refractivity contribution in [2.75, 3.05) is 13.1 Å². The van der Waals surface area contributed by atoms with Gasteiger partial charge in [0.15, 0.2) is 0 Å². The minimum atomic E-state index is -3.19. The van der Waals surface area contributed by atoms with Crippen molar-refractivity contribution in [3.63, 3.8) is 0 Å². The molecule has 0 spiro atoms. The van der Waals surface area contributed by atoms with Crippen LogP contribution in [0.15, 0.2) is 0 Å². The summed E-state index contributed by atoms with van der Waals surface area (Å²) >= 11 is 0. The molecule has 0 aromatic heterocycles. The largest absolute Gasteiger partial charge is 0.329 e. The number of nitrogens with one attached hydrogen (secondary N) is 1. The maximum atomic E-state index is 11.5. The Labute approximate surface area is 93.7 Å². The zero-order valence-corrected chi connectivity index (χ0v) is 10.8. The summed E-state index contributed by atoms with van der Waals surface area (Å²) in [6, 6.07) is 0. The van der Waals surface area contributed by atoms with Gasteiger partial charge < -0.3 is 5.73 Å². The van der Waals surface area contributed by atoms with E-state index >= 15 is 0 Å². The average molecular weight is 236 g/mol. The van der Waals surface area contributed by atoms with E-state index in [9.17, 15) is 8.42 Å². The molecule has 0 aliphatic carbocycles. The second-order valence-corrected chi connectivity index (χ2v) is 6.56. The first-order valence-electron chi connectivity index (χ1n) is 5.58. The van der Waals surface area contributed by atoms with Crippen LogP contribution in [0.3, 0.4) is 0 Å². The van der Waals surface area contributed by atoms with Crippen molar-refractivity contribution in [1.82, 2.24) is 4.72 Å². The molecule has 0 bridgehead atoms. The van der Waals surface area contributed by atoms with Crippen molar-refractivity contribution < 1.29 is 8.42 Å². The molecule has 15 heavy (non-hydrogen) atoms. The quantitative estimate of drug-likeness (QED) is 0.619. The number of sulfonamides is 1. The van der Waals surface area contributed by atoms with Crippen molar-refractivity contribution >= 4 is 10.0 Å². The highest BCUT2D eigenvalue weighted by atomic mass is 32.2. The van der Waals surface area contributed by atoms with Crippen LogP contribution < -0.4 is 10.5 Å². The van der Waals surface area contributed by atoms with E-state index in [2.05, 4.69) is 18.6 Å². The molecule has 1 unspecified atom stereocenters. The fourth-order valence-corrected chi connectivity index (χ4v) is 2.13. The van der Waals surface area contributed by atoms with E-state index < -0.39 is 15.3 Å². The summed E-state index contributed by atoms with van der Waals surface area (Å²) in [5, 5.41) is -0.498. The molecule has 5 heteroatoms. The minimum Gasteiger partial charge on any atom is -0.329 e. The van der Waals surface area contributed by atoms with Crippen molar-refractivity contribution in [3.8, 4) is 0 Å². The monoisotopic (exact) mass is 236 g/mol. The van der Waals surface area contributed by atoms with Gasteiger partial charge in [0.25, 0.3) is 0 Å². The number of unbranched alkanes of at least 4 members (excludes halogenated alkanes) is 1. The summed E-state index contributed by atoms with van der Waals surface area (Å²) in [7, 11) is -3.19. The third kappa shape index (κ3) is 6.87. The maximum Gasteiger partial charge on any atom is 0.215 e. The van der Waals surface area contributed by atoms with E-state index in [4.69, 9.17) is 5.73 Å². The van der Waals surface area contributed by atoms with Crippen LogP contribution in [0.25, 0.3) is 0 Å². The van der Waals surface area contributed by atoms with Crippen molar-refractivity contribution in [1.29, 1.82) is 0 Å². The van der Waals surface area contributed by atoms with Gasteiger partial charge in [0.1, 0.15) is 0 Å². The average Bonchev–Trinajstić information content (AvgIpc) is 2.15. The van der Waals surface area contributed by atoms with E-state index in [-0.39, 0.29) is 6.54 Å². The standard InChI is InChI=1S/C10H24N2O2S/c1-9(2)6-4-5-7-12-15(13,14)10(3)8-11/h9-10,12H,4-8,11H2,1-3H3. The van der Waals surface area contributed by atoms with Gasteiger partial charge in [-0.2, -0.15) is 0 Å². The van der Waals surface area contributed by atoms with Gasteiger partial charge in [0, 0.05) is 13.1 Å². The Kier molecular flexibility index (Phi) is 7.13. The van der Waals surface area contributed by atoms with Crippen LogP contribution in [-0.2, 0) is 10.0 Å². The second-order valence-electron chi connectivity index (χ2n) is 4.38. The maximum absolute atomic E-state index is 11.5. The lowest BCUT2D eigenvalue weighted by Gasteiger charge is -2.11. The van der Waals surface area contributed by atoms with Gasteiger partial charge in [-0.3, -0.25) is 0 Å². The number of hydrogen-bond acceptors (Lipinski definition) is 3. The molecule has 0 fully saturated rings. The van der Waals surface area contributed by atoms with Gasteiger partial charge in [0.2, 0.25) is 10.0 Å². The summed E-state index contributed by atoms with van der Waals surface area (Å²) in [4.78, 5) is 0. The first kappa shape index (κ1) is 14.9. The number of hydrogen-bond donors (Lipinski definition) is 2. The Hall–Kier alpha value is -0.130. The molecule has 0 aromatic rings. The highest BCUT2D eigenvalue weighted by Crippen LogP contribution is 2.05. The Morgan fingerprint density at radius 1 is 1.20 bits per heavy atom. The molecule has 0 heterocycles. The minimum absolute atomic E-state index is 0.168. The number of nitrogens with two attached hydrogens (primary N) is 1. The van der Waals surface area contributed by atoms with Crippen LogP contribution in [0.5, 0.6) is 0 Å². The molecule has 1 atom stereocenters. The molecule has 0 radical (unpaired) electrons. The molecule has 0 amide bonds. The van der Waals surface area contributed by atoms with Gasteiger partial charge in [0.05, 0.1) is 5.25 Å². The molecule has 0 aliphatic rings. The Morgan fingerprint density at radius 2 is 1.80 bits per heavy atom. The summed E-state index contributed by atoms with van der Waals surface area (Å²) in [5.74, 6) is 0.685. The Bertz CT molecular complexity index is 250. The lowest BCUT2D eigenvalue weighted by Crippen LogP contribution is -2.37. The molecule has 92 valence electrons. The van der Waals surface area contributed by atoms with Crippen LogP contribution in [0.4, 0.5) is 0 Å². The summed E-state index contributed by atoms with van der Waals surface area (Å²) < 4.78 is 25.5. The van der Waals surface area contributed by atoms with E-state index in [1.54, 1.807) is 6.92 Å². The van der Waals surface area contributed by atoms with Crippen LogP contribution in [0.1, 0.15) is 40.0 Å². The summed E-state index contributed by atoms with van der Waals surface area (Å²) in [6.45, 7) is 6.65. The normalized spacial score (nSPS) is 14.5. The molecular formula is C10H24N2O2S. The highest BCUT2D eigenvalue weighted by Gasteiger charge is 2.17. The van der Waals surface area contributed by atoms with E-state index in [0.29, 0.717) is 12.5 Å². The Morgan fingerprint density at radius 3 is 2.27 bits per heavy atom. The van der Waals surface area contributed by atoms with Gasteiger partial charge in [-0.15, -0.1) is 0 Å². The number of rotatable bonds is 8. The smallest absolute Gasteiger partial charge is 0.215 e. The third-order valence-electron chi connectivity index (χ3n) is 2.37. The van der Waals surface area contributed by atoms with Gasteiger partial charge in [-0.1, -0.05) is 26.7 Å². The lowest BCUT2D eigenvalue weighted by molar-refractivity contribution is 0.528. The predicted octanol–water partition coefficient (Wildman–Crippen LogP) is 1.08. The second kappa shape index (κ2) is 7.19. The predicted molar refractivity (Wildman–Crippen MR) is 64.1 cm³/mol. The van der Waals surface area contributed by atoms with E-state index in [1.807, 2.05) is 0 Å². The molecular weight excluding hydrogens is 212 g/mol. The van der Waals surface area contributed by atoms with Crippen molar-refractivity contribution in [3.05, 3.63) is 0 Å². The third-order valence-corrected chi connectivity index (χ3v) is 4.23. The summed E-state index contributed by atoms with van der Waals surface area (Å²) in [6.07, 6.45) is 3.11. The molecule has 0 saturated heterocycles. The zero-order chi connectivity index (χ0) is 11.9. The molecule has 0 rings (SSSR count). The zero-order valence-electron chi connectivity index (χ0n) is 9.99. The van der Waals surface area contributed by atoms with Gasteiger partial charge in [-0.25, -0.2) is 13.1 Å². The van der Waals surface area contributed by atoms with Crippen molar-refractivity contribution in [2.45, 2.75) is 45.3 Å². The highest BCUT2D eigenvalue weighted by molar-refractivity contribution is 7.90. The van der Waals surface area contributed by atoms with Crippen LogP contribution in [0.2, 0.25) is 0 Å². The molecule has 0 aliphatic heterocycles. The molecule has 4 nitrogen and oxygen atoms in total. The van der Waals surface area contributed by atoms with Crippen molar-refractivity contribution in [2.24, 2.45) is 11.7 Å². The van der Waals surface area contributed by atoms with Crippen LogP contribution >= 0.6 is 0 Å². The fourth-order valence-electron chi connectivity index (χ4n) is 1.16. The topological polar surface area (TPSA) is 72.2 Å². The molecule has 0 aromatic carbocycles. The first-order valence-corrected chi connectivity index (χ1v) is 7.13. The van der Waals surface area contributed by atoms with Crippen LogP contribution in [0, 0.1) is 5.92 Å². The first-order chi connectivity index (χ1) is 6.90. The SMILES string of the molecule is CC(C)CCCCNS(=O)(=O)C(C)CN.